The van der Waals surface area contributed by atoms with E-state index in [-0.39, 0.29) is 23.2 Å². The van der Waals surface area contributed by atoms with Gasteiger partial charge >= 0.3 is 6.03 Å². The second kappa shape index (κ2) is 9.71. The van der Waals surface area contributed by atoms with Gasteiger partial charge in [0.2, 0.25) is 5.95 Å². The van der Waals surface area contributed by atoms with Crippen molar-refractivity contribution < 1.29 is 13.6 Å². The van der Waals surface area contributed by atoms with Crippen molar-refractivity contribution in [3.05, 3.63) is 54.1 Å². The number of benzene rings is 1. The number of halogens is 2. The number of rotatable bonds is 7. The fourth-order valence-electron chi connectivity index (χ4n) is 3.01. The second-order valence-corrected chi connectivity index (χ2v) is 8.44. The first-order valence-electron chi connectivity index (χ1n) is 10.2. The van der Waals surface area contributed by atoms with Gasteiger partial charge in [-0.15, -0.1) is 0 Å². The second-order valence-electron chi connectivity index (χ2n) is 8.44. The zero-order valence-corrected chi connectivity index (χ0v) is 18.5. The Hall–Kier alpha value is -3.56. The Morgan fingerprint density at radius 2 is 1.97 bits per heavy atom. The molecule has 0 bridgehead atoms. The third-order valence-electron chi connectivity index (χ3n) is 4.32. The molecule has 0 aliphatic rings. The molecule has 0 saturated carbocycles. The maximum atomic E-state index is 12.9. The van der Waals surface area contributed by atoms with Gasteiger partial charge in [-0.2, -0.15) is 5.10 Å². The molecule has 10 heteroatoms. The van der Waals surface area contributed by atoms with Crippen LogP contribution < -0.4 is 16.0 Å². The topological polar surface area (TPSA) is 96.8 Å². The molecular weight excluding hydrogens is 416 g/mol. The van der Waals surface area contributed by atoms with Crippen LogP contribution in [-0.4, -0.2) is 37.9 Å². The van der Waals surface area contributed by atoms with Crippen LogP contribution in [0.1, 0.15) is 38.5 Å². The van der Waals surface area contributed by atoms with Crippen LogP contribution in [0.4, 0.5) is 25.2 Å². The van der Waals surface area contributed by atoms with Gasteiger partial charge < -0.3 is 16.0 Å². The molecule has 2 amide bonds. The summed E-state index contributed by atoms with van der Waals surface area (Å²) >= 11 is 0. The molecular formula is C22H27F2N7O. The van der Waals surface area contributed by atoms with Crippen LogP contribution in [0.15, 0.2) is 42.9 Å². The average molecular weight is 444 g/mol. The summed E-state index contributed by atoms with van der Waals surface area (Å²) in [5, 5.41) is 13.0. The van der Waals surface area contributed by atoms with E-state index in [0.29, 0.717) is 18.8 Å². The largest absolute Gasteiger partial charge is 0.336 e. The summed E-state index contributed by atoms with van der Waals surface area (Å²) < 4.78 is 27.5. The van der Waals surface area contributed by atoms with Crippen LogP contribution in [0.5, 0.6) is 0 Å². The number of hydrogen-bond donors (Lipinski definition) is 3. The molecule has 0 saturated heterocycles. The van der Waals surface area contributed by atoms with Crippen LogP contribution in [-0.2, 0) is 6.54 Å². The maximum Gasteiger partial charge on any atom is 0.315 e. The minimum absolute atomic E-state index is 0.106. The van der Waals surface area contributed by atoms with Gasteiger partial charge in [0, 0.05) is 35.7 Å². The smallest absolute Gasteiger partial charge is 0.315 e. The van der Waals surface area contributed by atoms with Crippen molar-refractivity contribution in [2.45, 2.75) is 46.2 Å². The quantitative estimate of drug-likeness (QED) is 0.502. The molecule has 0 unspecified atom stereocenters. The molecule has 2 aromatic heterocycles. The van der Waals surface area contributed by atoms with E-state index in [4.69, 9.17) is 0 Å². The number of alkyl halides is 2. The lowest BCUT2D eigenvalue weighted by Crippen LogP contribution is -2.47. The molecule has 0 aliphatic carbocycles. The lowest BCUT2D eigenvalue weighted by molar-refractivity contribution is 0.146. The summed E-state index contributed by atoms with van der Waals surface area (Å²) in [5.74, 6) is 0.106. The average Bonchev–Trinajstić information content (AvgIpc) is 3.15. The van der Waals surface area contributed by atoms with Gasteiger partial charge in [-0.25, -0.2) is 23.5 Å². The number of hydrogen-bond acceptors (Lipinski definition) is 5. The zero-order valence-electron chi connectivity index (χ0n) is 18.5. The van der Waals surface area contributed by atoms with E-state index >= 15 is 0 Å². The lowest BCUT2D eigenvalue weighted by atomic mass is 10.1. The standard InChI is InChI=1S/C22H27F2N7O/c1-14-9-15(11-17(10-14)28-20-25-6-5-18(29-20)19(23)24)16-12-27-31(13-16)8-7-26-21(32)30-22(2,3)4/h5-6,9-13,19H,7-8H2,1-4H3,(H,25,28,29)(H2,26,30,32). The molecule has 3 rings (SSSR count). The highest BCUT2D eigenvalue weighted by Crippen LogP contribution is 2.26. The Morgan fingerprint density at radius 3 is 2.69 bits per heavy atom. The summed E-state index contributed by atoms with van der Waals surface area (Å²) in [6, 6.07) is 6.72. The van der Waals surface area contributed by atoms with Gasteiger partial charge in [0.25, 0.3) is 6.43 Å². The van der Waals surface area contributed by atoms with E-state index in [1.165, 1.54) is 12.3 Å². The first-order chi connectivity index (χ1) is 15.1. The first kappa shape index (κ1) is 23.1. The first-order valence-corrected chi connectivity index (χ1v) is 10.2. The van der Waals surface area contributed by atoms with Crippen molar-refractivity contribution in [2.24, 2.45) is 0 Å². The van der Waals surface area contributed by atoms with E-state index in [1.807, 2.05) is 52.1 Å². The van der Waals surface area contributed by atoms with Gasteiger partial charge in [0.05, 0.1) is 12.7 Å². The molecule has 32 heavy (non-hydrogen) atoms. The van der Waals surface area contributed by atoms with Crippen molar-refractivity contribution in [1.29, 1.82) is 0 Å². The Labute approximate surface area is 185 Å². The lowest BCUT2D eigenvalue weighted by Gasteiger charge is -2.20. The molecule has 0 atom stereocenters. The summed E-state index contributed by atoms with van der Waals surface area (Å²) in [6.45, 7) is 8.63. The number of aryl methyl sites for hydroxylation is 1. The number of amides is 2. The third-order valence-corrected chi connectivity index (χ3v) is 4.32. The molecule has 1 aromatic carbocycles. The molecule has 0 spiro atoms. The number of carbonyl (C=O) groups is 1. The van der Waals surface area contributed by atoms with Crippen LogP contribution in [0.3, 0.4) is 0 Å². The highest BCUT2D eigenvalue weighted by Gasteiger charge is 2.13. The van der Waals surface area contributed by atoms with Gasteiger partial charge in [0.1, 0.15) is 5.69 Å². The van der Waals surface area contributed by atoms with Crippen LogP contribution in [0.2, 0.25) is 0 Å². The molecule has 0 aliphatic heterocycles. The van der Waals surface area contributed by atoms with Crippen molar-refractivity contribution >= 4 is 17.7 Å². The molecule has 3 N–H and O–H groups in total. The summed E-state index contributed by atoms with van der Waals surface area (Å²) in [4.78, 5) is 19.7. The number of urea groups is 1. The van der Waals surface area contributed by atoms with E-state index in [2.05, 4.69) is 31.0 Å². The molecule has 2 heterocycles. The fourth-order valence-corrected chi connectivity index (χ4v) is 3.01. The predicted molar refractivity (Wildman–Crippen MR) is 119 cm³/mol. The number of nitrogens with zero attached hydrogens (tertiary/aromatic N) is 4. The minimum atomic E-state index is -2.66. The van der Waals surface area contributed by atoms with E-state index < -0.39 is 6.43 Å². The van der Waals surface area contributed by atoms with Crippen LogP contribution >= 0.6 is 0 Å². The molecule has 0 radical (unpaired) electrons. The number of anilines is 2. The van der Waals surface area contributed by atoms with Crippen molar-refractivity contribution in [3.63, 3.8) is 0 Å². The highest BCUT2D eigenvalue weighted by atomic mass is 19.3. The number of nitrogens with one attached hydrogen (secondary N) is 3. The van der Waals surface area contributed by atoms with E-state index in [1.54, 1.807) is 10.9 Å². The van der Waals surface area contributed by atoms with Crippen LogP contribution in [0.25, 0.3) is 11.1 Å². The van der Waals surface area contributed by atoms with Gasteiger partial charge in [-0.05, 0) is 57.0 Å². The van der Waals surface area contributed by atoms with Crippen molar-refractivity contribution in [3.8, 4) is 11.1 Å². The van der Waals surface area contributed by atoms with Gasteiger partial charge in [-0.1, -0.05) is 6.07 Å². The number of carbonyl (C=O) groups excluding carboxylic acids is 1. The molecule has 3 aromatic rings. The Kier molecular flexibility index (Phi) is 7.01. The normalized spacial score (nSPS) is 11.5. The monoisotopic (exact) mass is 443 g/mol. The zero-order chi connectivity index (χ0) is 23.3. The van der Waals surface area contributed by atoms with E-state index in [9.17, 15) is 13.6 Å². The Morgan fingerprint density at radius 1 is 1.19 bits per heavy atom. The van der Waals surface area contributed by atoms with Gasteiger partial charge in [0.15, 0.2) is 0 Å². The number of aromatic nitrogens is 4. The van der Waals surface area contributed by atoms with E-state index in [0.717, 1.165) is 16.7 Å². The summed E-state index contributed by atoms with van der Waals surface area (Å²) in [5.41, 5.74) is 2.82. The fraction of sp³-hybridized carbons (Fsp3) is 0.364. The highest BCUT2D eigenvalue weighted by molar-refractivity contribution is 5.74. The van der Waals surface area contributed by atoms with Crippen molar-refractivity contribution in [1.82, 2.24) is 30.4 Å². The van der Waals surface area contributed by atoms with Gasteiger partial charge in [-0.3, -0.25) is 4.68 Å². The molecule has 0 fully saturated rings. The molecule has 170 valence electrons. The van der Waals surface area contributed by atoms with Crippen molar-refractivity contribution in [2.75, 3.05) is 11.9 Å². The molecule has 8 nitrogen and oxygen atoms in total. The maximum absolute atomic E-state index is 12.9. The minimum Gasteiger partial charge on any atom is -0.336 e. The Bertz CT molecular complexity index is 1080. The summed E-state index contributed by atoms with van der Waals surface area (Å²) in [7, 11) is 0. The predicted octanol–water partition coefficient (Wildman–Crippen LogP) is 4.43. The summed E-state index contributed by atoms with van der Waals surface area (Å²) in [6.07, 6.45) is 2.26. The third kappa shape index (κ3) is 6.73. The Balaban J connectivity index is 1.66. The van der Waals surface area contributed by atoms with Crippen LogP contribution in [0, 0.1) is 6.92 Å². The SMILES string of the molecule is Cc1cc(Nc2nccc(C(F)F)n2)cc(-c2cnn(CCNC(=O)NC(C)(C)C)c2)c1.